The molecule has 0 amide bonds. The van der Waals surface area contributed by atoms with E-state index in [2.05, 4.69) is 11.7 Å². The highest BCUT2D eigenvalue weighted by Gasteiger charge is 2.30. The van der Waals surface area contributed by atoms with E-state index in [1.807, 2.05) is 17.9 Å². The summed E-state index contributed by atoms with van der Waals surface area (Å²) in [6, 6.07) is -0.281. The van der Waals surface area contributed by atoms with Crippen LogP contribution in [-0.4, -0.2) is 49.9 Å². The van der Waals surface area contributed by atoms with Gasteiger partial charge in [0.25, 0.3) is 0 Å². The zero-order valence-electron chi connectivity index (χ0n) is 13.9. The Labute approximate surface area is 132 Å². The molecule has 0 heterocycles. The quantitative estimate of drug-likeness (QED) is 0.0974. The number of nitrogens with zero attached hydrogens (tertiary/aromatic N) is 2. The number of amidine groups is 1. The van der Waals surface area contributed by atoms with E-state index in [9.17, 15) is 4.79 Å². The van der Waals surface area contributed by atoms with Crippen molar-refractivity contribution in [3.63, 3.8) is 0 Å². The minimum Gasteiger partial charge on any atom is -0.499 e. The number of methoxy groups -OCH3 is 2. The van der Waals surface area contributed by atoms with Crippen LogP contribution < -0.4 is 5.84 Å². The monoisotopic (exact) mass is 309 g/mol. The third kappa shape index (κ3) is 5.73. The van der Waals surface area contributed by atoms with Crippen molar-refractivity contribution in [3.8, 4) is 0 Å². The van der Waals surface area contributed by atoms with Gasteiger partial charge < -0.3 is 20.2 Å². The van der Waals surface area contributed by atoms with E-state index in [4.69, 9.17) is 15.3 Å². The molecule has 0 aliphatic heterocycles. The van der Waals surface area contributed by atoms with Gasteiger partial charge in [0, 0.05) is 13.7 Å². The molecule has 0 saturated heterocycles. The normalized spacial score (nSPS) is 15.5. The lowest BCUT2D eigenvalue weighted by Crippen LogP contribution is -2.48. The molecule has 2 unspecified atom stereocenters. The van der Waals surface area contributed by atoms with Crippen molar-refractivity contribution >= 4 is 12.1 Å². The lowest BCUT2D eigenvalue weighted by Gasteiger charge is -2.36. The Morgan fingerprint density at radius 3 is 2.55 bits per heavy atom. The lowest BCUT2D eigenvalue weighted by atomic mass is 10.0. The minimum absolute atomic E-state index is 0.281. The number of hydrogen-bond donors (Lipinski definition) is 1. The summed E-state index contributed by atoms with van der Waals surface area (Å²) >= 11 is 0. The molecule has 2 N–H and O–H groups in total. The molecule has 2 atom stereocenters. The van der Waals surface area contributed by atoms with Crippen molar-refractivity contribution < 1.29 is 14.3 Å². The Balaban J connectivity index is 5.80. The van der Waals surface area contributed by atoms with Crippen LogP contribution in [0.2, 0.25) is 0 Å². The smallest absolute Gasteiger partial charge is 0.142 e. The third-order valence-electron chi connectivity index (χ3n) is 3.20. The second-order valence-corrected chi connectivity index (χ2v) is 4.49. The number of ether oxygens (including phenoxy) is 2. The molecule has 0 aliphatic carbocycles. The van der Waals surface area contributed by atoms with Crippen molar-refractivity contribution in [2.45, 2.75) is 32.4 Å². The summed E-state index contributed by atoms with van der Waals surface area (Å²) in [6.45, 7) is 8.06. The molecule has 0 fully saturated rings. The number of rotatable bonds is 10. The molecular weight excluding hydrogens is 282 g/mol. The number of hydrazone groups is 1. The molecule has 6 nitrogen and oxygen atoms in total. The summed E-state index contributed by atoms with van der Waals surface area (Å²) in [5.41, 5.74) is 0. The van der Waals surface area contributed by atoms with Crippen molar-refractivity contribution in [1.82, 2.24) is 4.90 Å². The molecule has 0 radical (unpaired) electrons. The van der Waals surface area contributed by atoms with Crippen LogP contribution >= 0.6 is 0 Å². The summed E-state index contributed by atoms with van der Waals surface area (Å²) < 4.78 is 11.0. The van der Waals surface area contributed by atoms with Gasteiger partial charge in [-0.3, -0.25) is 4.79 Å². The van der Waals surface area contributed by atoms with E-state index >= 15 is 0 Å². The number of allylic oxidation sites excluding steroid dienone is 2. The van der Waals surface area contributed by atoms with Crippen molar-refractivity contribution in [1.29, 1.82) is 0 Å². The zero-order valence-corrected chi connectivity index (χ0v) is 13.9. The fourth-order valence-electron chi connectivity index (χ4n) is 2.12. The largest absolute Gasteiger partial charge is 0.499 e. The van der Waals surface area contributed by atoms with Gasteiger partial charge in [0.15, 0.2) is 0 Å². The number of carbonyl (C=O) groups is 1. The van der Waals surface area contributed by atoms with Crippen LogP contribution in [0.5, 0.6) is 0 Å². The Bertz CT molecular complexity index is 430. The van der Waals surface area contributed by atoms with E-state index in [1.165, 1.54) is 6.08 Å². The van der Waals surface area contributed by atoms with Gasteiger partial charge in [-0.05, 0) is 25.5 Å². The molecular formula is C16H27N3O3. The van der Waals surface area contributed by atoms with Crippen LogP contribution in [0.3, 0.4) is 0 Å². The molecule has 0 aromatic carbocycles. The van der Waals surface area contributed by atoms with Crippen LogP contribution in [-0.2, 0) is 14.3 Å². The highest BCUT2D eigenvalue weighted by molar-refractivity contribution is 5.80. The maximum atomic E-state index is 10.5. The molecule has 124 valence electrons. The predicted octanol–water partition coefficient (Wildman–Crippen LogP) is 1.85. The van der Waals surface area contributed by atoms with E-state index in [0.717, 1.165) is 18.5 Å². The molecule has 0 spiro atoms. The average molecular weight is 309 g/mol. The van der Waals surface area contributed by atoms with Gasteiger partial charge in [-0.2, -0.15) is 5.10 Å². The van der Waals surface area contributed by atoms with Gasteiger partial charge >= 0.3 is 0 Å². The lowest BCUT2D eigenvalue weighted by molar-refractivity contribution is -0.104. The zero-order chi connectivity index (χ0) is 17.0. The third-order valence-corrected chi connectivity index (χ3v) is 3.20. The Morgan fingerprint density at radius 2 is 2.14 bits per heavy atom. The first kappa shape index (κ1) is 19.9. The first-order chi connectivity index (χ1) is 10.6. The number of aldehydes is 1. The van der Waals surface area contributed by atoms with Crippen LogP contribution in [0.25, 0.3) is 0 Å². The van der Waals surface area contributed by atoms with E-state index < -0.39 is 0 Å². The van der Waals surface area contributed by atoms with E-state index in [0.29, 0.717) is 12.4 Å². The van der Waals surface area contributed by atoms with Gasteiger partial charge in [-0.15, -0.1) is 6.58 Å². The number of nitrogens with two attached hydrogens (primary N) is 1. The molecule has 0 rings (SSSR count). The maximum Gasteiger partial charge on any atom is 0.142 e. The van der Waals surface area contributed by atoms with E-state index in [1.54, 1.807) is 33.3 Å². The van der Waals surface area contributed by atoms with Crippen LogP contribution in [0.1, 0.15) is 20.3 Å². The van der Waals surface area contributed by atoms with Crippen LogP contribution in [0, 0.1) is 0 Å². The highest BCUT2D eigenvalue weighted by atomic mass is 16.5. The number of hydrogen-bond acceptors (Lipinski definition) is 5. The molecule has 0 aromatic rings. The standard InChI is InChI=1S/C16H27N3O3/c1-6-10-15(22-5)16(14(7-2)21-4)19(13(3)18-17)11-8-9-12-20/h7-10,12,14,16H,2,6,11,17H2,1,3-5H3/b9-8+,15-10+,18-13-. The molecule has 0 aromatic heterocycles. The van der Waals surface area contributed by atoms with Gasteiger partial charge in [-0.25, -0.2) is 0 Å². The van der Waals surface area contributed by atoms with Crippen LogP contribution in [0.15, 0.2) is 41.7 Å². The second kappa shape index (κ2) is 11.6. The Kier molecular flexibility index (Phi) is 10.5. The number of carbonyl (C=O) groups excluding carboxylic acids is 1. The maximum absolute atomic E-state index is 10.5. The van der Waals surface area contributed by atoms with Crippen molar-refractivity contribution in [2.75, 3.05) is 20.8 Å². The van der Waals surface area contributed by atoms with E-state index in [-0.39, 0.29) is 12.1 Å². The Morgan fingerprint density at radius 1 is 1.45 bits per heavy atom. The molecule has 22 heavy (non-hydrogen) atoms. The SMILES string of the molecule is C=CC(OC)C(/C(=C\CC)OC)N(C/C=C/C=O)/C(C)=N\N. The van der Waals surface area contributed by atoms with Crippen LogP contribution in [0.4, 0.5) is 0 Å². The fraction of sp³-hybridized carbons (Fsp3) is 0.500. The summed E-state index contributed by atoms with van der Waals surface area (Å²) in [5, 5.41) is 3.76. The highest BCUT2D eigenvalue weighted by Crippen LogP contribution is 2.20. The van der Waals surface area contributed by atoms with Gasteiger partial charge in [0.2, 0.25) is 0 Å². The summed E-state index contributed by atoms with van der Waals surface area (Å²) in [5.74, 6) is 6.77. The second-order valence-electron chi connectivity index (χ2n) is 4.49. The summed E-state index contributed by atoms with van der Waals surface area (Å²) in [7, 11) is 3.21. The minimum atomic E-state index is -0.320. The van der Waals surface area contributed by atoms with Gasteiger partial charge in [-0.1, -0.05) is 19.1 Å². The molecule has 0 bridgehead atoms. The van der Waals surface area contributed by atoms with Gasteiger partial charge in [0.05, 0.1) is 7.11 Å². The summed E-state index contributed by atoms with van der Waals surface area (Å²) in [6.07, 6.45) is 8.04. The topological polar surface area (TPSA) is 77.2 Å². The average Bonchev–Trinajstić information content (AvgIpc) is 2.55. The van der Waals surface area contributed by atoms with Crippen molar-refractivity contribution in [2.24, 2.45) is 10.9 Å². The fourth-order valence-corrected chi connectivity index (χ4v) is 2.12. The molecule has 0 aliphatic rings. The van der Waals surface area contributed by atoms with Gasteiger partial charge in [0.1, 0.15) is 30.0 Å². The predicted molar refractivity (Wildman–Crippen MR) is 89.4 cm³/mol. The summed E-state index contributed by atoms with van der Waals surface area (Å²) in [4.78, 5) is 12.4. The Hall–Kier alpha value is -2.08. The first-order valence-corrected chi connectivity index (χ1v) is 7.11. The molecule has 6 heteroatoms. The molecule has 0 saturated carbocycles. The van der Waals surface area contributed by atoms with Crippen molar-refractivity contribution in [3.05, 3.63) is 36.6 Å². The first-order valence-electron chi connectivity index (χ1n) is 7.11.